The molecule has 0 saturated carbocycles. The average Bonchev–Trinajstić information content (AvgIpc) is 3.08. The van der Waals surface area contributed by atoms with Gasteiger partial charge in [0.15, 0.2) is 0 Å². The third kappa shape index (κ3) is 13.3. The van der Waals surface area contributed by atoms with Crippen LogP contribution in [0.3, 0.4) is 0 Å². The van der Waals surface area contributed by atoms with Gasteiger partial charge in [-0.25, -0.2) is 14.6 Å². The van der Waals surface area contributed by atoms with Gasteiger partial charge in [-0.05, 0) is 14.0 Å². The molecule has 0 aliphatic heterocycles. The van der Waals surface area contributed by atoms with Gasteiger partial charge in [0.25, 0.3) is 0 Å². The van der Waals surface area contributed by atoms with Crippen LogP contribution >= 0.6 is 0 Å². The summed E-state index contributed by atoms with van der Waals surface area (Å²) in [6, 6.07) is 0. The van der Waals surface area contributed by atoms with Gasteiger partial charge < -0.3 is 39.8 Å². The number of carbonyl (C=O) groups excluding carboxylic acids is 4. The summed E-state index contributed by atoms with van der Waals surface area (Å²) in [5.74, 6) is -1.15. The fraction of sp³-hybridized carbons (Fsp3) is 0.471. The van der Waals surface area contributed by atoms with Gasteiger partial charge in [0, 0.05) is 14.1 Å². The predicted octanol–water partition coefficient (Wildman–Crippen LogP) is -4.99. The van der Waals surface area contributed by atoms with Crippen LogP contribution in [0, 0.1) is 0 Å². The number of likely N-dealkylation sites (N-methyl/N-ethyl adjacent to an activating group) is 2. The first-order valence-electron chi connectivity index (χ1n) is 8.39. The van der Waals surface area contributed by atoms with E-state index in [4.69, 9.17) is 10.5 Å². The van der Waals surface area contributed by atoms with Gasteiger partial charge in [-0.1, -0.05) is 0 Å². The van der Waals surface area contributed by atoms with Gasteiger partial charge in [0.05, 0.1) is 33.6 Å². The maximum absolute atomic E-state index is 11.1. The molecule has 1 aromatic heterocycles. The van der Waals surface area contributed by atoms with Crippen molar-refractivity contribution in [2.24, 2.45) is 7.05 Å². The number of nitrogens with one attached hydrogen (secondary N) is 1. The second-order valence-corrected chi connectivity index (χ2v) is 5.10. The molecule has 13 nitrogen and oxygen atoms in total. The number of hydrogen-bond acceptors (Lipinski definition) is 11. The van der Waals surface area contributed by atoms with E-state index in [0.717, 1.165) is 12.0 Å². The minimum absolute atomic E-state index is 0. The molecule has 0 aliphatic rings. The number of rotatable bonds is 7. The minimum Gasteiger partial charge on any atom is -0.876 e. The monoisotopic (exact) mass is 453 g/mol. The minimum atomic E-state index is -0.824. The Labute approximate surface area is 202 Å². The Bertz CT molecular complexity index is 723. The van der Waals surface area contributed by atoms with Crippen LogP contribution < -0.4 is 45.7 Å². The van der Waals surface area contributed by atoms with Crippen LogP contribution in [0.5, 0.6) is 0 Å². The first kappa shape index (κ1) is 33.0. The largest absolute Gasteiger partial charge is 1.00 e. The number of nitrogen functional groups attached to an aromatic ring is 1. The molecule has 0 unspecified atom stereocenters. The summed E-state index contributed by atoms with van der Waals surface area (Å²) in [5.41, 5.74) is 5.47. The fourth-order valence-electron chi connectivity index (χ4n) is 1.47. The molecular formula is C17H28N5NaO8. The molecule has 1 amide bonds. The number of carbonyl (C=O) groups is 4. The van der Waals surface area contributed by atoms with Crippen LogP contribution in [0.25, 0.3) is 0 Å². The van der Waals surface area contributed by atoms with Gasteiger partial charge in [0.1, 0.15) is 11.4 Å². The summed E-state index contributed by atoms with van der Waals surface area (Å²) in [6.07, 6.45) is 2.01. The number of nitrogens with zero attached hydrogens (tertiary/aromatic N) is 3. The van der Waals surface area contributed by atoms with Crippen LogP contribution in [-0.2, 0) is 35.6 Å². The number of aromatic nitrogens is 2. The number of anilines is 1. The van der Waals surface area contributed by atoms with Crippen molar-refractivity contribution in [3.8, 4) is 0 Å². The number of nitrogens with two attached hydrogens (primary N) is 1. The van der Waals surface area contributed by atoms with Crippen molar-refractivity contribution in [1.82, 2.24) is 19.8 Å². The van der Waals surface area contributed by atoms with E-state index in [0.29, 0.717) is 24.7 Å². The van der Waals surface area contributed by atoms with Gasteiger partial charge in [-0.15, -0.1) is 6.26 Å². The van der Waals surface area contributed by atoms with E-state index >= 15 is 0 Å². The van der Waals surface area contributed by atoms with E-state index in [1.165, 1.54) is 24.9 Å². The summed E-state index contributed by atoms with van der Waals surface area (Å²) < 4.78 is 14.8. The number of hydrogen-bond donors (Lipinski definition) is 2. The second kappa shape index (κ2) is 19.4. The average molecular weight is 453 g/mol. The van der Waals surface area contributed by atoms with Crippen molar-refractivity contribution in [1.29, 1.82) is 0 Å². The molecule has 3 N–H and O–H groups in total. The molecule has 1 rings (SSSR count). The van der Waals surface area contributed by atoms with E-state index in [1.54, 1.807) is 21.0 Å². The zero-order chi connectivity index (χ0) is 23.7. The summed E-state index contributed by atoms with van der Waals surface area (Å²) in [5, 5.41) is 12.8. The van der Waals surface area contributed by atoms with Crippen LogP contribution in [0.1, 0.15) is 17.4 Å². The Morgan fingerprint density at radius 3 is 2.19 bits per heavy atom. The predicted molar refractivity (Wildman–Crippen MR) is 103 cm³/mol. The van der Waals surface area contributed by atoms with Crippen LogP contribution in [0.2, 0.25) is 0 Å². The topological polar surface area (TPSA) is 178 Å². The number of amides is 1. The molecule has 14 heteroatoms. The standard InChI is InChI=1S/C7H11N3O2.C6H9NO4.C4H9NO2.Na/c1-3-12-6(11)5-4-9-7(8)10(5)2;1-7(4-9)5(3-8)6(10)11-2;1-5-3-4(6)7-2;/h4H,3H2,1-2H3,(H2,8,9);3-4,8H,1-2H3;5H,3H2,1-2H3;/q;;;+1/p-1/b;5-3+;;. The fourth-order valence-corrected chi connectivity index (χ4v) is 1.47. The third-order valence-electron chi connectivity index (χ3n) is 3.10. The van der Waals surface area contributed by atoms with E-state index < -0.39 is 11.9 Å². The van der Waals surface area contributed by atoms with Crippen LogP contribution in [0.15, 0.2) is 18.2 Å². The molecule has 0 bridgehead atoms. The summed E-state index contributed by atoms with van der Waals surface area (Å²) >= 11 is 0. The maximum atomic E-state index is 11.1. The molecular weight excluding hydrogens is 425 g/mol. The first-order chi connectivity index (χ1) is 14.1. The Kier molecular flexibility index (Phi) is 20.6. The maximum Gasteiger partial charge on any atom is 1.00 e. The Morgan fingerprint density at radius 1 is 1.32 bits per heavy atom. The molecule has 1 aromatic rings. The van der Waals surface area contributed by atoms with Crippen molar-refractivity contribution in [2.75, 3.05) is 47.2 Å². The third-order valence-corrected chi connectivity index (χ3v) is 3.10. The molecule has 31 heavy (non-hydrogen) atoms. The first-order valence-corrected chi connectivity index (χ1v) is 8.39. The summed E-state index contributed by atoms with van der Waals surface area (Å²) in [6.45, 7) is 2.39. The number of imidazole rings is 1. The Hall–Kier alpha value is -2.61. The molecule has 1 heterocycles. The molecule has 0 aliphatic carbocycles. The zero-order valence-corrected chi connectivity index (χ0v) is 20.8. The van der Waals surface area contributed by atoms with E-state index in [2.05, 4.69) is 19.8 Å². The smallest absolute Gasteiger partial charge is 0.876 e. The molecule has 170 valence electrons. The quantitative estimate of drug-likeness (QED) is 0.101. The van der Waals surface area contributed by atoms with Gasteiger partial charge in [-0.3, -0.25) is 9.59 Å². The zero-order valence-electron chi connectivity index (χ0n) is 18.8. The molecule has 0 radical (unpaired) electrons. The van der Waals surface area contributed by atoms with Gasteiger partial charge >= 0.3 is 47.5 Å². The van der Waals surface area contributed by atoms with Crippen LogP contribution in [0.4, 0.5) is 5.95 Å². The molecule has 0 fully saturated rings. The summed E-state index contributed by atoms with van der Waals surface area (Å²) in [7, 11) is 7.13. The Balaban J connectivity index is -0.000000387. The normalized spacial score (nSPS) is 9.42. The van der Waals surface area contributed by atoms with E-state index in [1.807, 2.05) is 0 Å². The molecule has 0 spiro atoms. The van der Waals surface area contributed by atoms with Crippen molar-refractivity contribution in [3.05, 3.63) is 23.8 Å². The SMILES string of the molecule is CCOC(=O)c1cnc(N)n1C.CNCC(=O)OC.COC(=O)/C(=C\[O-])N(C)C=O.[Na+]. The second-order valence-electron chi connectivity index (χ2n) is 5.10. The van der Waals surface area contributed by atoms with E-state index in [-0.39, 0.29) is 54.0 Å². The van der Waals surface area contributed by atoms with Crippen molar-refractivity contribution < 1.29 is 68.1 Å². The van der Waals surface area contributed by atoms with E-state index in [9.17, 15) is 24.3 Å². The van der Waals surface area contributed by atoms with Gasteiger partial charge in [-0.2, -0.15) is 0 Å². The number of ether oxygens (including phenoxy) is 3. The van der Waals surface area contributed by atoms with Crippen LogP contribution in [-0.4, -0.2) is 80.2 Å². The van der Waals surface area contributed by atoms with Crippen molar-refractivity contribution in [3.63, 3.8) is 0 Å². The summed E-state index contributed by atoms with van der Waals surface area (Å²) in [4.78, 5) is 46.6. The Morgan fingerprint density at radius 2 is 1.90 bits per heavy atom. The van der Waals surface area contributed by atoms with Gasteiger partial charge in [0.2, 0.25) is 12.4 Å². The molecule has 0 atom stereocenters. The van der Waals surface area contributed by atoms with Crippen molar-refractivity contribution >= 4 is 30.3 Å². The number of esters is 3. The molecule has 0 aromatic carbocycles. The molecule has 0 saturated heterocycles. The number of methoxy groups -OCH3 is 2. The van der Waals surface area contributed by atoms with Crippen molar-refractivity contribution in [2.45, 2.75) is 6.92 Å².